The van der Waals surface area contributed by atoms with E-state index in [-0.39, 0.29) is 16.5 Å². The number of amides is 1. The minimum Gasteiger partial charge on any atom is -0.317 e. The van der Waals surface area contributed by atoms with Crippen LogP contribution in [0.15, 0.2) is 11.4 Å². The Kier molecular flexibility index (Phi) is 4.35. The number of rotatable bonds is 4. The first-order valence-corrected chi connectivity index (χ1v) is 8.08. The Morgan fingerprint density at radius 1 is 1.52 bits per heavy atom. The number of piperidine rings is 1. The number of carbonyl (C=O) groups excluding carboxylic acids is 1. The predicted octanol–water partition coefficient (Wildman–Crippen LogP) is 1.50. The molecule has 122 valence electrons. The zero-order chi connectivity index (χ0) is 16.4. The van der Waals surface area contributed by atoms with Gasteiger partial charge in [-0.1, -0.05) is 11.3 Å². The number of nitrogens with one attached hydrogen (secondary N) is 2. The lowest BCUT2D eigenvalue weighted by molar-refractivity contribution is -0.380. The van der Waals surface area contributed by atoms with Crippen LogP contribution in [0.5, 0.6) is 0 Å². The first-order chi connectivity index (χ1) is 11.0. The van der Waals surface area contributed by atoms with Crippen molar-refractivity contribution in [1.82, 2.24) is 20.1 Å². The molecule has 0 saturated carbocycles. The Morgan fingerprint density at radius 3 is 2.91 bits per heavy atom. The Labute approximate surface area is 135 Å². The molecule has 0 atom stereocenters. The summed E-state index contributed by atoms with van der Waals surface area (Å²) in [7, 11) is 1.71. The highest BCUT2D eigenvalue weighted by Gasteiger charge is 2.22. The molecule has 3 heterocycles. The van der Waals surface area contributed by atoms with E-state index in [0.29, 0.717) is 5.95 Å². The Hall–Kier alpha value is -2.33. The van der Waals surface area contributed by atoms with E-state index in [0.717, 1.165) is 43.1 Å². The minimum absolute atomic E-state index is 0.0662. The van der Waals surface area contributed by atoms with Crippen molar-refractivity contribution in [3.8, 4) is 0 Å². The number of aromatic nitrogens is 3. The second-order valence-electron chi connectivity index (χ2n) is 5.33. The number of aryl methyl sites for hydroxylation is 1. The van der Waals surface area contributed by atoms with Gasteiger partial charge in [0.1, 0.15) is 0 Å². The SMILES string of the molecule is Cn1nc(C2CCNCC2)nc1NC(=O)c1csc([N+](=O)[O-])c1. The summed E-state index contributed by atoms with van der Waals surface area (Å²) in [6.45, 7) is 1.87. The normalized spacial score (nSPS) is 15.5. The second kappa shape index (κ2) is 6.42. The van der Waals surface area contributed by atoms with E-state index in [1.165, 1.54) is 16.1 Å². The molecule has 1 fully saturated rings. The van der Waals surface area contributed by atoms with E-state index >= 15 is 0 Å². The minimum atomic E-state index is -0.515. The molecule has 1 saturated heterocycles. The molecule has 10 heteroatoms. The summed E-state index contributed by atoms with van der Waals surface area (Å²) in [6, 6.07) is 1.25. The largest absolute Gasteiger partial charge is 0.324 e. The quantitative estimate of drug-likeness (QED) is 0.646. The molecule has 1 amide bonds. The first-order valence-electron chi connectivity index (χ1n) is 7.20. The Morgan fingerprint density at radius 2 is 2.26 bits per heavy atom. The smallest absolute Gasteiger partial charge is 0.317 e. The van der Waals surface area contributed by atoms with Gasteiger partial charge in [0.05, 0.1) is 10.5 Å². The van der Waals surface area contributed by atoms with Crippen molar-refractivity contribution in [2.24, 2.45) is 7.05 Å². The number of carbonyl (C=O) groups is 1. The van der Waals surface area contributed by atoms with Gasteiger partial charge in [0.25, 0.3) is 5.91 Å². The van der Waals surface area contributed by atoms with Crippen molar-refractivity contribution < 1.29 is 9.72 Å². The molecule has 2 aromatic heterocycles. The second-order valence-corrected chi connectivity index (χ2v) is 6.22. The maximum atomic E-state index is 12.2. The third-order valence-corrected chi connectivity index (χ3v) is 4.62. The van der Waals surface area contributed by atoms with E-state index < -0.39 is 10.8 Å². The van der Waals surface area contributed by atoms with Gasteiger partial charge in [-0.15, -0.1) is 0 Å². The van der Waals surface area contributed by atoms with Gasteiger partial charge < -0.3 is 5.32 Å². The lowest BCUT2D eigenvalue weighted by Gasteiger charge is -2.19. The number of nitro groups is 1. The highest BCUT2D eigenvalue weighted by Crippen LogP contribution is 2.25. The van der Waals surface area contributed by atoms with Crippen molar-refractivity contribution in [2.75, 3.05) is 18.4 Å². The molecular weight excluding hydrogens is 320 g/mol. The summed E-state index contributed by atoms with van der Waals surface area (Å²) in [6.07, 6.45) is 1.93. The molecule has 0 spiro atoms. The average molecular weight is 336 g/mol. The maximum absolute atomic E-state index is 12.2. The molecule has 0 unspecified atom stereocenters. The first kappa shape index (κ1) is 15.6. The topological polar surface area (TPSA) is 115 Å². The van der Waals surface area contributed by atoms with Gasteiger partial charge in [0, 0.05) is 24.4 Å². The maximum Gasteiger partial charge on any atom is 0.324 e. The summed E-state index contributed by atoms with van der Waals surface area (Å²) < 4.78 is 1.52. The fourth-order valence-electron chi connectivity index (χ4n) is 2.48. The van der Waals surface area contributed by atoms with Crippen molar-refractivity contribution >= 4 is 28.2 Å². The summed E-state index contributed by atoms with van der Waals surface area (Å²) >= 11 is 0.919. The number of hydrogen-bond donors (Lipinski definition) is 2. The van der Waals surface area contributed by atoms with E-state index in [4.69, 9.17) is 0 Å². The molecule has 1 aliphatic heterocycles. The van der Waals surface area contributed by atoms with Gasteiger partial charge in [0.15, 0.2) is 5.82 Å². The van der Waals surface area contributed by atoms with Gasteiger partial charge in [-0.2, -0.15) is 10.1 Å². The molecule has 0 aliphatic carbocycles. The zero-order valence-electron chi connectivity index (χ0n) is 12.5. The van der Waals surface area contributed by atoms with Crippen LogP contribution in [0.4, 0.5) is 10.9 Å². The van der Waals surface area contributed by atoms with E-state index in [1.807, 2.05) is 0 Å². The van der Waals surface area contributed by atoms with Gasteiger partial charge in [0.2, 0.25) is 5.95 Å². The lowest BCUT2D eigenvalue weighted by Crippen LogP contribution is -2.27. The van der Waals surface area contributed by atoms with Crippen LogP contribution in [-0.2, 0) is 7.05 Å². The van der Waals surface area contributed by atoms with Crippen molar-refractivity contribution in [2.45, 2.75) is 18.8 Å². The van der Waals surface area contributed by atoms with Gasteiger partial charge in [-0.3, -0.25) is 20.2 Å². The number of hydrogen-bond acceptors (Lipinski definition) is 7. The molecule has 2 N–H and O–H groups in total. The van der Waals surface area contributed by atoms with E-state index in [1.54, 1.807) is 7.05 Å². The van der Waals surface area contributed by atoms with Crippen LogP contribution in [0, 0.1) is 10.1 Å². The van der Waals surface area contributed by atoms with Crippen LogP contribution in [0.3, 0.4) is 0 Å². The van der Waals surface area contributed by atoms with Crippen LogP contribution in [-0.4, -0.2) is 38.7 Å². The van der Waals surface area contributed by atoms with Gasteiger partial charge in [-0.25, -0.2) is 4.68 Å². The Bertz CT molecular complexity index is 734. The predicted molar refractivity (Wildman–Crippen MR) is 84.8 cm³/mol. The van der Waals surface area contributed by atoms with Crippen molar-refractivity contribution in [3.63, 3.8) is 0 Å². The average Bonchev–Trinajstić information content (AvgIpc) is 3.16. The molecule has 0 aromatic carbocycles. The molecule has 2 aromatic rings. The molecule has 0 radical (unpaired) electrons. The summed E-state index contributed by atoms with van der Waals surface area (Å²) in [5, 5.41) is 22.4. The van der Waals surface area contributed by atoms with Crippen LogP contribution in [0.25, 0.3) is 0 Å². The van der Waals surface area contributed by atoms with Crippen LogP contribution in [0.2, 0.25) is 0 Å². The zero-order valence-corrected chi connectivity index (χ0v) is 13.3. The highest BCUT2D eigenvalue weighted by atomic mass is 32.1. The van der Waals surface area contributed by atoms with Crippen molar-refractivity contribution in [3.05, 3.63) is 32.9 Å². The van der Waals surface area contributed by atoms with Crippen LogP contribution < -0.4 is 10.6 Å². The van der Waals surface area contributed by atoms with Gasteiger partial charge >= 0.3 is 5.00 Å². The molecule has 23 heavy (non-hydrogen) atoms. The standard InChI is InChI=1S/C13H16N6O3S/c1-18-13(15-11(17-18)8-2-4-14-5-3-8)16-12(20)9-6-10(19(21)22)23-7-9/h6-8,14H,2-5H2,1H3,(H,15,16,17,20). The van der Waals surface area contributed by atoms with Crippen LogP contribution >= 0.6 is 11.3 Å². The van der Waals surface area contributed by atoms with E-state index in [9.17, 15) is 14.9 Å². The number of anilines is 1. The summed E-state index contributed by atoms with van der Waals surface area (Å²) in [4.78, 5) is 26.7. The molecule has 3 rings (SSSR count). The van der Waals surface area contributed by atoms with Crippen LogP contribution in [0.1, 0.15) is 34.9 Å². The number of nitrogens with zero attached hydrogens (tertiary/aromatic N) is 4. The lowest BCUT2D eigenvalue weighted by atomic mass is 9.98. The summed E-state index contributed by atoms with van der Waals surface area (Å²) in [5.74, 6) is 0.926. The number of thiophene rings is 1. The van der Waals surface area contributed by atoms with E-state index in [2.05, 4.69) is 20.7 Å². The fraction of sp³-hybridized carbons (Fsp3) is 0.462. The molecule has 0 bridgehead atoms. The molecule has 9 nitrogen and oxygen atoms in total. The molecule has 1 aliphatic rings. The third-order valence-electron chi connectivity index (χ3n) is 3.74. The highest BCUT2D eigenvalue weighted by molar-refractivity contribution is 7.13. The van der Waals surface area contributed by atoms with Gasteiger partial charge in [-0.05, 0) is 25.9 Å². The monoisotopic (exact) mass is 336 g/mol. The summed E-state index contributed by atoms with van der Waals surface area (Å²) in [5.41, 5.74) is 0.244. The van der Waals surface area contributed by atoms with Crippen molar-refractivity contribution in [1.29, 1.82) is 0 Å². The molecular formula is C13H16N6O3S. The third kappa shape index (κ3) is 3.37. The fourth-order valence-corrected chi connectivity index (χ4v) is 3.18. The Balaban J connectivity index is 1.72.